The Bertz CT molecular complexity index is 873. The van der Waals surface area contributed by atoms with Crippen molar-refractivity contribution >= 4 is 0 Å². The Kier molecular flexibility index (Phi) is 7.71. The van der Waals surface area contributed by atoms with Crippen molar-refractivity contribution in [3.8, 4) is 11.5 Å². The zero-order valence-corrected chi connectivity index (χ0v) is 19.7. The van der Waals surface area contributed by atoms with Crippen LogP contribution in [0.4, 0.5) is 0 Å². The molecular weight excluding hydrogens is 402 g/mol. The first-order valence-corrected chi connectivity index (χ1v) is 12.0. The van der Waals surface area contributed by atoms with Gasteiger partial charge in [0.05, 0.1) is 12.2 Å². The van der Waals surface area contributed by atoms with E-state index < -0.39 is 0 Å². The lowest BCUT2D eigenvalue weighted by atomic mass is 9.69. The molecule has 1 saturated heterocycles. The van der Waals surface area contributed by atoms with Crippen molar-refractivity contribution in [2.45, 2.75) is 33.6 Å². The van der Waals surface area contributed by atoms with Crippen LogP contribution >= 0.6 is 0 Å². The largest absolute Gasteiger partial charge is 0.421 e. The Balaban J connectivity index is 1.40. The Morgan fingerprint density at radius 3 is 2.62 bits per heavy atom. The Hall–Kier alpha value is -2.09. The number of allylic oxidation sites excluding steroid dienone is 1. The van der Waals surface area contributed by atoms with Crippen molar-refractivity contribution in [2.75, 3.05) is 45.9 Å². The third-order valence-corrected chi connectivity index (χ3v) is 7.23. The molecule has 4 rings (SSSR count). The predicted octanol–water partition coefficient (Wildman–Crippen LogP) is 3.14. The minimum atomic E-state index is 0.255. The first-order valence-electron chi connectivity index (χ1n) is 12.0. The standard InChI is InChI=1S/C25H37N5O2/c1-18(2)23-14-21(15-24-27-28-25(32-24)20-5-4-6-26-16-20)19(3)13-22(23)17-30-9-7-29(8-10-30)11-12-31/h4-6,13,16,18,21-23,31H,7-12,14-15,17H2,1-3H3/t21-,22-,23-/m0/s1. The molecule has 1 fully saturated rings. The summed E-state index contributed by atoms with van der Waals surface area (Å²) < 4.78 is 5.97. The maximum absolute atomic E-state index is 9.18. The fourth-order valence-electron chi connectivity index (χ4n) is 5.27. The summed E-state index contributed by atoms with van der Waals surface area (Å²) >= 11 is 0. The summed E-state index contributed by atoms with van der Waals surface area (Å²) in [6, 6.07) is 3.83. The van der Waals surface area contributed by atoms with Crippen LogP contribution in [-0.2, 0) is 6.42 Å². The van der Waals surface area contributed by atoms with Crippen LogP contribution in [-0.4, -0.2) is 76.0 Å². The lowest BCUT2D eigenvalue weighted by Crippen LogP contribution is -2.49. The van der Waals surface area contributed by atoms with E-state index >= 15 is 0 Å². The summed E-state index contributed by atoms with van der Waals surface area (Å²) in [6.45, 7) is 13.5. The lowest BCUT2D eigenvalue weighted by Gasteiger charge is -2.41. The van der Waals surface area contributed by atoms with E-state index in [0.717, 1.165) is 51.3 Å². The number of aliphatic hydroxyl groups excluding tert-OH is 1. The van der Waals surface area contributed by atoms with Crippen LogP contribution in [0.25, 0.3) is 11.5 Å². The SMILES string of the molecule is CC1=C[C@@H](CN2CCN(CCO)CC2)[C@H](C(C)C)C[C@H]1Cc1nnc(-c2cccnc2)o1. The second kappa shape index (κ2) is 10.7. The number of aromatic nitrogens is 3. The van der Waals surface area contributed by atoms with Crippen molar-refractivity contribution in [1.29, 1.82) is 0 Å². The van der Waals surface area contributed by atoms with Crippen molar-refractivity contribution in [2.24, 2.45) is 23.7 Å². The topological polar surface area (TPSA) is 78.5 Å². The first-order chi connectivity index (χ1) is 15.5. The van der Waals surface area contributed by atoms with E-state index in [2.05, 4.69) is 51.8 Å². The summed E-state index contributed by atoms with van der Waals surface area (Å²) in [7, 11) is 0. The van der Waals surface area contributed by atoms with Gasteiger partial charge in [0.1, 0.15) is 0 Å². The summed E-state index contributed by atoms with van der Waals surface area (Å²) in [5.41, 5.74) is 2.31. The first kappa shape index (κ1) is 23.1. The molecule has 1 aliphatic heterocycles. The molecule has 3 heterocycles. The van der Waals surface area contributed by atoms with Crippen LogP contribution in [0, 0.1) is 23.7 Å². The van der Waals surface area contributed by atoms with E-state index in [1.807, 2.05) is 12.1 Å². The van der Waals surface area contributed by atoms with Gasteiger partial charge in [0, 0.05) is 58.1 Å². The second-order valence-corrected chi connectivity index (χ2v) is 9.73. The second-order valence-electron chi connectivity index (χ2n) is 9.73. The Morgan fingerprint density at radius 1 is 1.16 bits per heavy atom. The highest BCUT2D eigenvalue weighted by atomic mass is 16.4. The smallest absolute Gasteiger partial charge is 0.249 e. The van der Waals surface area contributed by atoms with Crippen molar-refractivity contribution in [1.82, 2.24) is 25.0 Å². The van der Waals surface area contributed by atoms with Gasteiger partial charge in [-0.05, 0) is 49.1 Å². The van der Waals surface area contributed by atoms with Gasteiger partial charge in [-0.25, -0.2) is 0 Å². The summed E-state index contributed by atoms with van der Waals surface area (Å²) in [5.74, 6) is 3.58. The van der Waals surface area contributed by atoms with Crippen molar-refractivity contribution < 1.29 is 9.52 Å². The number of hydrogen-bond acceptors (Lipinski definition) is 7. The summed E-state index contributed by atoms with van der Waals surface area (Å²) in [4.78, 5) is 9.11. The molecule has 2 aliphatic rings. The number of rotatable bonds is 8. The highest BCUT2D eigenvalue weighted by Gasteiger charge is 2.34. The van der Waals surface area contributed by atoms with Gasteiger partial charge < -0.3 is 14.4 Å². The van der Waals surface area contributed by atoms with E-state index in [0.29, 0.717) is 35.5 Å². The van der Waals surface area contributed by atoms with Crippen molar-refractivity contribution in [3.63, 3.8) is 0 Å². The predicted molar refractivity (Wildman–Crippen MR) is 125 cm³/mol. The van der Waals surface area contributed by atoms with Gasteiger partial charge in [0.25, 0.3) is 0 Å². The summed E-state index contributed by atoms with van der Waals surface area (Å²) in [6.07, 6.45) is 7.99. The molecule has 0 aromatic carbocycles. The molecule has 0 radical (unpaired) electrons. The maximum atomic E-state index is 9.18. The van der Waals surface area contributed by atoms with Crippen LogP contribution in [0.1, 0.15) is 33.1 Å². The normalized spacial score (nSPS) is 25.3. The molecule has 1 aliphatic carbocycles. The monoisotopic (exact) mass is 439 g/mol. The highest BCUT2D eigenvalue weighted by Crippen LogP contribution is 2.39. The molecule has 0 spiro atoms. The minimum Gasteiger partial charge on any atom is -0.421 e. The van der Waals surface area contributed by atoms with E-state index in [9.17, 15) is 5.11 Å². The number of piperazine rings is 1. The van der Waals surface area contributed by atoms with Gasteiger partial charge in [-0.2, -0.15) is 0 Å². The molecule has 0 amide bonds. The molecule has 0 unspecified atom stereocenters. The van der Waals surface area contributed by atoms with Gasteiger partial charge in [0.2, 0.25) is 11.8 Å². The minimum absolute atomic E-state index is 0.255. The number of β-amino-alcohol motifs (C(OH)–C–C–N with tert-alkyl or cyclic N) is 1. The fraction of sp³-hybridized carbons (Fsp3) is 0.640. The van der Waals surface area contributed by atoms with Crippen LogP contribution in [0.3, 0.4) is 0 Å². The molecule has 7 nitrogen and oxygen atoms in total. The third-order valence-electron chi connectivity index (χ3n) is 7.23. The van der Waals surface area contributed by atoms with Gasteiger partial charge in [-0.1, -0.05) is 25.5 Å². The van der Waals surface area contributed by atoms with E-state index in [1.54, 1.807) is 12.4 Å². The average molecular weight is 440 g/mol. The molecule has 0 bridgehead atoms. The van der Waals surface area contributed by atoms with Crippen LogP contribution in [0.2, 0.25) is 0 Å². The molecule has 3 atom stereocenters. The fourth-order valence-corrected chi connectivity index (χ4v) is 5.27. The maximum Gasteiger partial charge on any atom is 0.249 e. The molecule has 0 saturated carbocycles. The highest BCUT2D eigenvalue weighted by molar-refractivity contribution is 5.49. The van der Waals surface area contributed by atoms with Crippen LogP contribution in [0.5, 0.6) is 0 Å². The van der Waals surface area contributed by atoms with E-state index in [-0.39, 0.29) is 6.61 Å². The third kappa shape index (κ3) is 5.63. The molecule has 2 aromatic heterocycles. The molecule has 7 heteroatoms. The van der Waals surface area contributed by atoms with Gasteiger partial charge in [-0.3, -0.25) is 9.88 Å². The van der Waals surface area contributed by atoms with Gasteiger partial charge in [-0.15, -0.1) is 10.2 Å². The zero-order valence-electron chi connectivity index (χ0n) is 19.7. The Morgan fingerprint density at radius 2 is 1.94 bits per heavy atom. The quantitative estimate of drug-likeness (QED) is 0.633. The van der Waals surface area contributed by atoms with Crippen LogP contribution in [0.15, 0.2) is 40.6 Å². The summed E-state index contributed by atoms with van der Waals surface area (Å²) in [5, 5.41) is 17.7. The molecule has 32 heavy (non-hydrogen) atoms. The zero-order chi connectivity index (χ0) is 22.5. The number of pyridine rings is 1. The average Bonchev–Trinajstić information content (AvgIpc) is 3.26. The lowest BCUT2D eigenvalue weighted by molar-refractivity contribution is 0.0887. The van der Waals surface area contributed by atoms with E-state index in [1.165, 1.54) is 12.0 Å². The molecule has 2 aromatic rings. The molecule has 1 N–H and O–H groups in total. The van der Waals surface area contributed by atoms with Gasteiger partial charge >= 0.3 is 0 Å². The number of hydrogen-bond donors (Lipinski definition) is 1. The van der Waals surface area contributed by atoms with Gasteiger partial charge in [0.15, 0.2) is 0 Å². The molecular formula is C25H37N5O2. The number of nitrogens with zero attached hydrogens (tertiary/aromatic N) is 5. The molecule has 174 valence electrons. The Labute approximate surface area is 191 Å². The van der Waals surface area contributed by atoms with E-state index in [4.69, 9.17) is 4.42 Å². The number of aliphatic hydroxyl groups is 1. The van der Waals surface area contributed by atoms with Crippen molar-refractivity contribution in [3.05, 3.63) is 42.1 Å². The van der Waals surface area contributed by atoms with Crippen LogP contribution < -0.4 is 0 Å².